The summed E-state index contributed by atoms with van der Waals surface area (Å²) in [5, 5.41) is 0.583. The minimum Gasteiger partial charge on any atom is -0.289 e. The van der Waals surface area contributed by atoms with Crippen LogP contribution in [-0.2, 0) is 0 Å². The predicted octanol–water partition coefficient (Wildman–Crippen LogP) is 3.88. The molecule has 2 rings (SSSR count). The highest BCUT2D eigenvalue weighted by atomic mass is 35.5. The molecule has 2 aromatic carbocycles. The smallest absolute Gasteiger partial charge is 0.193 e. The van der Waals surface area contributed by atoms with E-state index in [4.69, 9.17) is 11.6 Å². The van der Waals surface area contributed by atoms with Crippen LogP contribution in [0.1, 0.15) is 21.5 Å². The molecular formula is C14H11ClO. The largest absolute Gasteiger partial charge is 0.289 e. The number of hydrogen-bond acceptors (Lipinski definition) is 1. The molecule has 0 fully saturated rings. The molecule has 0 heterocycles. The Labute approximate surface area is 99.7 Å². The van der Waals surface area contributed by atoms with Gasteiger partial charge < -0.3 is 0 Å². The zero-order valence-corrected chi connectivity index (χ0v) is 9.66. The Morgan fingerprint density at radius 3 is 2.50 bits per heavy atom. The van der Waals surface area contributed by atoms with Crippen molar-refractivity contribution in [1.29, 1.82) is 0 Å². The molecule has 80 valence electrons. The zero-order chi connectivity index (χ0) is 11.5. The van der Waals surface area contributed by atoms with E-state index in [1.807, 2.05) is 31.2 Å². The minimum absolute atomic E-state index is 0.0144. The zero-order valence-electron chi connectivity index (χ0n) is 8.91. The molecule has 0 aliphatic carbocycles. The van der Waals surface area contributed by atoms with E-state index in [1.54, 1.807) is 24.3 Å². The molecule has 1 nitrogen and oxygen atoms in total. The second-order valence-corrected chi connectivity index (χ2v) is 4.09. The number of rotatable bonds is 2. The van der Waals surface area contributed by atoms with Gasteiger partial charge in [-0.25, -0.2) is 0 Å². The van der Waals surface area contributed by atoms with Gasteiger partial charge in [0.25, 0.3) is 0 Å². The monoisotopic (exact) mass is 230 g/mol. The fourth-order valence-corrected chi connectivity index (χ4v) is 1.80. The van der Waals surface area contributed by atoms with Crippen molar-refractivity contribution in [3.8, 4) is 0 Å². The van der Waals surface area contributed by atoms with Crippen molar-refractivity contribution >= 4 is 17.4 Å². The van der Waals surface area contributed by atoms with Gasteiger partial charge in [-0.05, 0) is 24.6 Å². The predicted molar refractivity (Wildman–Crippen MR) is 66.1 cm³/mol. The number of hydrogen-bond donors (Lipinski definition) is 0. The highest BCUT2D eigenvalue weighted by Gasteiger charge is 2.10. The van der Waals surface area contributed by atoms with Gasteiger partial charge in [0.1, 0.15) is 0 Å². The van der Waals surface area contributed by atoms with Crippen LogP contribution >= 0.6 is 11.6 Å². The Kier molecular flexibility index (Phi) is 3.07. The molecule has 0 amide bonds. The summed E-state index contributed by atoms with van der Waals surface area (Å²) in [5.74, 6) is 0.0144. The molecule has 0 radical (unpaired) electrons. The third kappa shape index (κ3) is 2.15. The van der Waals surface area contributed by atoms with Crippen LogP contribution in [0.3, 0.4) is 0 Å². The van der Waals surface area contributed by atoms with E-state index in [2.05, 4.69) is 0 Å². The van der Waals surface area contributed by atoms with Crippen LogP contribution in [0.25, 0.3) is 0 Å². The number of benzene rings is 2. The van der Waals surface area contributed by atoms with Gasteiger partial charge in [-0.3, -0.25) is 4.79 Å². The number of carbonyl (C=O) groups is 1. The molecule has 0 unspecified atom stereocenters. The Bertz CT molecular complexity index is 532. The van der Waals surface area contributed by atoms with Crippen LogP contribution in [-0.4, -0.2) is 5.78 Å². The first kappa shape index (κ1) is 10.9. The summed E-state index contributed by atoms with van der Waals surface area (Å²) < 4.78 is 0. The summed E-state index contributed by atoms with van der Waals surface area (Å²) >= 11 is 5.86. The van der Waals surface area contributed by atoms with E-state index >= 15 is 0 Å². The summed E-state index contributed by atoms with van der Waals surface area (Å²) in [6.07, 6.45) is 0. The van der Waals surface area contributed by atoms with Crippen molar-refractivity contribution in [1.82, 2.24) is 0 Å². The third-order valence-electron chi connectivity index (χ3n) is 2.48. The molecular weight excluding hydrogens is 220 g/mol. The van der Waals surface area contributed by atoms with E-state index in [-0.39, 0.29) is 5.78 Å². The summed E-state index contributed by atoms with van der Waals surface area (Å²) in [6, 6.07) is 14.6. The number of halogens is 1. The summed E-state index contributed by atoms with van der Waals surface area (Å²) in [4.78, 5) is 12.2. The third-order valence-corrected chi connectivity index (χ3v) is 2.71. The average molecular weight is 231 g/mol. The Morgan fingerprint density at radius 1 is 1.06 bits per heavy atom. The molecule has 0 atom stereocenters. The molecule has 0 aromatic heterocycles. The first-order chi connectivity index (χ1) is 7.68. The first-order valence-corrected chi connectivity index (χ1v) is 5.42. The highest BCUT2D eigenvalue weighted by molar-refractivity contribution is 6.31. The van der Waals surface area contributed by atoms with E-state index in [1.165, 1.54) is 0 Å². The van der Waals surface area contributed by atoms with Gasteiger partial charge in [-0.15, -0.1) is 0 Å². The second kappa shape index (κ2) is 4.50. The molecule has 0 spiro atoms. The van der Waals surface area contributed by atoms with Crippen molar-refractivity contribution in [3.05, 3.63) is 70.2 Å². The molecule has 2 heteroatoms. The van der Waals surface area contributed by atoms with Gasteiger partial charge in [-0.1, -0.05) is 48.0 Å². The van der Waals surface area contributed by atoms with Gasteiger partial charge >= 0.3 is 0 Å². The normalized spacial score (nSPS) is 10.1. The average Bonchev–Trinajstić information content (AvgIpc) is 2.29. The van der Waals surface area contributed by atoms with E-state index < -0.39 is 0 Å². The van der Waals surface area contributed by atoms with E-state index in [0.717, 1.165) is 11.1 Å². The summed E-state index contributed by atoms with van der Waals surface area (Å²) in [7, 11) is 0. The van der Waals surface area contributed by atoms with Crippen molar-refractivity contribution in [3.63, 3.8) is 0 Å². The van der Waals surface area contributed by atoms with Crippen LogP contribution in [0.2, 0.25) is 5.02 Å². The van der Waals surface area contributed by atoms with Crippen molar-refractivity contribution in [2.45, 2.75) is 6.92 Å². The van der Waals surface area contributed by atoms with Crippen LogP contribution in [0.4, 0.5) is 0 Å². The molecule has 0 N–H and O–H groups in total. The molecule has 0 bridgehead atoms. The van der Waals surface area contributed by atoms with Crippen molar-refractivity contribution in [2.24, 2.45) is 0 Å². The van der Waals surface area contributed by atoms with Crippen molar-refractivity contribution < 1.29 is 4.79 Å². The maximum atomic E-state index is 12.2. The maximum Gasteiger partial charge on any atom is 0.193 e. The summed E-state index contributed by atoms with van der Waals surface area (Å²) in [5.41, 5.74) is 2.33. The van der Waals surface area contributed by atoms with Crippen LogP contribution in [0.15, 0.2) is 48.5 Å². The molecule has 2 aromatic rings. The van der Waals surface area contributed by atoms with Gasteiger partial charge in [0.15, 0.2) is 5.78 Å². The lowest BCUT2D eigenvalue weighted by Gasteiger charge is -2.04. The molecule has 0 aliphatic heterocycles. The van der Waals surface area contributed by atoms with Crippen LogP contribution < -0.4 is 0 Å². The number of aryl methyl sites for hydroxylation is 1. The standard InChI is InChI=1S/C14H11ClO/c1-10-5-2-3-8-13(10)14(16)11-6-4-7-12(15)9-11/h2-9H,1H3. The fraction of sp³-hybridized carbons (Fsp3) is 0.0714. The van der Waals surface area contributed by atoms with Gasteiger partial charge in [0.2, 0.25) is 0 Å². The Morgan fingerprint density at radius 2 is 1.81 bits per heavy atom. The molecule has 0 saturated heterocycles. The van der Waals surface area contributed by atoms with Gasteiger partial charge in [0.05, 0.1) is 0 Å². The molecule has 0 aliphatic rings. The summed E-state index contributed by atoms with van der Waals surface area (Å²) in [6.45, 7) is 1.93. The van der Waals surface area contributed by atoms with Crippen LogP contribution in [0, 0.1) is 6.92 Å². The Balaban J connectivity index is 2.44. The lowest BCUT2D eigenvalue weighted by Crippen LogP contribution is -2.03. The molecule has 0 saturated carbocycles. The van der Waals surface area contributed by atoms with Gasteiger partial charge in [-0.2, -0.15) is 0 Å². The first-order valence-electron chi connectivity index (χ1n) is 5.04. The number of ketones is 1. The Hall–Kier alpha value is -1.60. The topological polar surface area (TPSA) is 17.1 Å². The lowest BCUT2D eigenvalue weighted by atomic mass is 9.99. The number of carbonyl (C=O) groups excluding carboxylic acids is 1. The maximum absolute atomic E-state index is 12.2. The highest BCUT2D eigenvalue weighted by Crippen LogP contribution is 2.16. The molecule has 16 heavy (non-hydrogen) atoms. The van der Waals surface area contributed by atoms with Crippen LogP contribution in [0.5, 0.6) is 0 Å². The van der Waals surface area contributed by atoms with E-state index in [9.17, 15) is 4.79 Å². The quantitative estimate of drug-likeness (QED) is 0.716. The lowest BCUT2D eigenvalue weighted by molar-refractivity contribution is 0.103. The van der Waals surface area contributed by atoms with Crippen molar-refractivity contribution in [2.75, 3.05) is 0 Å². The van der Waals surface area contributed by atoms with Gasteiger partial charge in [0, 0.05) is 16.1 Å². The second-order valence-electron chi connectivity index (χ2n) is 3.65. The fourth-order valence-electron chi connectivity index (χ4n) is 1.61. The minimum atomic E-state index is 0.0144. The SMILES string of the molecule is Cc1ccccc1C(=O)c1cccc(Cl)c1. The van der Waals surface area contributed by atoms with E-state index in [0.29, 0.717) is 10.6 Å².